The van der Waals surface area contributed by atoms with Gasteiger partial charge in [0.05, 0.1) is 21.2 Å². The molecular weight excluding hydrogens is 374 g/mol. The number of hydrogen-bond acceptors (Lipinski definition) is 4. The van der Waals surface area contributed by atoms with Gasteiger partial charge in [0.1, 0.15) is 23.7 Å². The molecule has 0 radical (unpaired) electrons. The zero-order valence-corrected chi connectivity index (χ0v) is 15.0. The van der Waals surface area contributed by atoms with Crippen molar-refractivity contribution in [2.45, 2.75) is 39.5 Å². The van der Waals surface area contributed by atoms with Gasteiger partial charge in [-0.15, -0.1) is 0 Å². The molecule has 1 aromatic rings. The first-order valence-corrected chi connectivity index (χ1v) is 8.00. The van der Waals surface area contributed by atoms with E-state index in [9.17, 15) is 9.59 Å². The van der Waals surface area contributed by atoms with E-state index in [1.54, 1.807) is 0 Å². The van der Waals surface area contributed by atoms with E-state index in [1.807, 2.05) is 13.8 Å². The quantitative estimate of drug-likeness (QED) is 0.644. The van der Waals surface area contributed by atoms with Gasteiger partial charge in [0.2, 0.25) is 0 Å². The van der Waals surface area contributed by atoms with Crippen molar-refractivity contribution in [2.24, 2.45) is 0 Å². The van der Waals surface area contributed by atoms with Crippen LogP contribution in [0, 0.1) is 0 Å². The first kappa shape index (κ1) is 19.4. The Hall–Kier alpha value is -0.680. The van der Waals surface area contributed by atoms with E-state index in [2.05, 4.69) is 8.58 Å². The van der Waals surface area contributed by atoms with Crippen molar-refractivity contribution >= 4 is 58.9 Å². The molecule has 0 unspecified atom stereocenters. The highest BCUT2D eigenvalue weighted by molar-refractivity contribution is 6.45. The fourth-order valence-electron chi connectivity index (χ4n) is 2.32. The fourth-order valence-corrected chi connectivity index (χ4v) is 3.06. The summed E-state index contributed by atoms with van der Waals surface area (Å²) in [5.74, 6) is -1.90. The van der Waals surface area contributed by atoms with Crippen molar-refractivity contribution in [3.63, 3.8) is 0 Å². The number of halogens is 4. The monoisotopic (exact) mass is 386 g/mol. The average molecular weight is 388 g/mol. The molecule has 0 fully saturated rings. The molecule has 0 aliphatic rings. The van der Waals surface area contributed by atoms with Crippen molar-refractivity contribution in [1.29, 1.82) is 0 Å². The third-order valence-electron chi connectivity index (χ3n) is 3.14. The van der Waals surface area contributed by atoms with E-state index < -0.39 is 11.9 Å². The van der Waals surface area contributed by atoms with Crippen LogP contribution in [-0.4, -0.2) is 11.9 Å². The molecule has 22 heavy (non-hydrogen) atoms. The largest absolute Gasteiger partial charge is 0.358 e. The maximum absolute atomic E-state index is 12.1. The second-order valence-corrected chi connectivity index (χ2v) is 5.63. The van der Waals surface area contributed by atoms with Crippen molar-refractivity contribution < 1.29 is 18.2 Å². The fraction of sp³-hybridized carbons (Fsp3) is 0.429. The second kappa shape index (κ2) is 8.82. The highest BCUT2D eigenvalue weighted by atomic mass is 35.5. The van der Waals surface area contributed by atoms with E-state index in [4.69, 9.17) is 46.9 Å². The van der Waals surface area contributed by atoms with Crippen LogP contribution < -0.4 is 0 Å². The summed E-state index contributed by atoms with van der Waals surface area (Å²) in [5, 5.41) is 0.0999. The van der Waals surface area contributed by atoms with E-state index in [0.717, 1.165) is 6.42 Å². The van der Waals surface area contributed by atoms with Crippen molar-refractivity contribution in [3.05, 3.63) is 32.3 Å². The average Bonchev–Trinajstić information content (AvgIpc) is 2.52. The lowest BCUT2D eigenvalue weighted by atomic mass is 9.90. The predicted octanol–water partition coefficient (Wildman–Crippen LogP) is 5.52. The van der Waals surface area contributed by atoms with Crippen LogP contribution in [0.1, 0.15) is 58.5 Å². The lowest BCUT2D eigenvalue weighted by molar-refractivity contribution is 0.0708. The Morgan fingerprint density at radius 1 is 0.818 bits per heavy atom. The molecule has 0 heterocycles. The van der Waals surface area contributed by atoms with Gasteiger partial charge in [0, 0.05) is 0 Å². The minimum absolute atomic E-state index is 0.0552. The first-order valence-electron chi connectivity index (χ1n) is 6.62. The van der Waals surface area contributed by atoms with Gasteiger partial charge >= 0.3 is 11.9 Å². The number of rotatable bonds is 6. The van der Waals surface area contributed by atoms with Crippen LogP contribution in [0.15, 0.2) is 0 Å². The molecule has 0 spiro atoms. The van der Waals surface area contributed by atoms with Gasteiger partial charge in [-0.25, -0.2) is 9.59 Å². The van der Waals surface area contributed by atoms with Crippen LogP contribution in [-0.2, 0) is 21.4 Å². The highest BCUT2D eigenvalue weighted by Gasteiger charge is 2.31. The molecule has 0 amide bonds. The van der Waals surface area contributed by atoms with Crippen LogP contribution in [0.4, 0.5) is 0 Å². The maximum Gasteiger partial charge on any atom is 0.358 e. The van der Waals surface area contributed by atoms with Gasteiger partial charge < -0.3 is 8.58 Å². The summed E-state index contributed by atoms with van der Waals surface area (Å²) in [7, 11) is 0. The van der Waals surface area contributed by atoms with E-state index in [1.165, 1.54) is 0 Å². The smallest absolute Gasteiger partial charge is 0.343 e. The zero-order chi connectivity index (χ0) is 16.9. The summed E-state index contributed by atoms with van der Waals surface area (Å²) in [4.78, 5) is 24.0. The Morgan fingerprint density at radius 2 is 1.27 bits per heavy atom. The summed E-state index contributed by atoms with van der Waals surface area (Å²) in [6.45, 7) is 3.88. The number of carbonyl (C=O) groups excluding carboxylic acids is 2. The molecule has 0 bridgehead atoms. The Kier molecular flexibility index (Phi) is 7.77. The van der Waals surface area contributed by atoms with Crippen molar-refractivity contribution in [1.82, 2.24) is 0 Å². The number of benzene rings is 1. The van der Waals surface area contributed by atoms with Gasteiger partial charge in [-0.1, -0.05) is 49.9 Å². The SMILES string of the molecule is CCCc1c(Cl)c(Cl)c(C(=O)OCl)c(C(=O)OCl)c1CCC. The van der Waals surface area contributed by atoms with E-state index in [0.29, 0.717) is 30.4 Å². The maximum atomic E-state index is 12.1. The zero-order valence-electron chi connectivity index (χ0n) is 12.0. The Bertz CT molecular complexity index is 587. The van der Waals surface area contributed by atoms with Gasteiger partial charge in [-0.3, -0.25) is 0 Å². The molecule has 0 saturated carbocycles. The van der Waals surface area contributed by atoms with Gasteiger partial charge in [-0.2, -0.15) is 0 Å². The molecular formula is C14H14Cl4O4. The first-order chi connectivity index (χ1) is 10.4. The van der Waals surface area contributed by atoms with E-state index >= 15 is 0 Å². The minimum Gasteiger partial charge on any atom is -0.343 e. The van der Waals surface area contributed by atoms with Gasteiger partial charge in [0.25, 0.3) is 0 Å². The Morgan fingerprint density at radius 3 is 1.73 bits per heavy atom. The minimum atomic E-state index is -0.994. The third-order valence-corrected chi connectivity index (χ3v) is 4.31. The number of hydrogen-bond donors (Lipinski definition) is 0. The molecule has 1 aromatic carbocycles. The van der Waals surface area contributed by atoms with Crippen LogP contribution in [0.2, 0.25) is 10.0 Å². The summed E-state index contributed by atoms with van der Waals surface area (Å²) < 4.78 is 8.45. The van der Waals surface area contributed by atoms with Crippen LogP contribution >= 0.6 is 46.9 Å². The molecule has 0 N–H and O–H groups in total. The molecule has 0 saturated heterocycles. The second-order valence-electron chi connectivity index (χ2n) is 4.56. The van der Waals surface area contributed by atoms with Crippen LogP contribution in [0.5, 0.6) is 0 Å². The summed E-state index contributed by atoms with van der Waals surface area (Å²) in [5.41, 5.74) is 0.969. The highest BCUT2D eigenvalue weighted by Crippen LogP contribution is 2.38. The van der Waals surface area contributed by atoms with Crippen LogP contribution in [0.25, 0.3) is 0 Å². The van der Waals surface area contributed by atoms with E-state index in [-0.39, 0.29) is 21.2 Å². The molecule has 8 heteroatoms. The lowest BCUT2D eigenvalue weighted by Crippen LogP contribution is -2.16. The molecule has 4 nitrogen and oxygen atoms in total. The molecule has 0 aliphatic carbocycles. The number of carbonyl (C=O) groups is 2. The third kappa shape index (κ3) is 3.80. The van der Waals surface area contributed by atoms with Crippen molar-refractivity contribution in [2.75, 3.05) is 0 Å². The molecule has 0 aromatic heterocycles. The van der Waals surface area contributed by atoms with Gasteiger partial charge in [0.15, 0.2) is 0 Å². The lowest BCUT2D eigenvalue weighted by Gasteiger charge is -2.18. The molecule has 122 valence electrons. The normalized spacial score (nSPS) is 10.5. The molecule has 0 aliphatic heterocycles. The van der Waals surface area contributed by atoms with Gasteiger partial charge in [-0.05, 0) is 24.0 Å². The summed E-state index contributed by atoms with van der Waals surface area (Å²) >= 11 is 22.7. The molecule has 0 atom stereocenters. The van der Waals surface area contributed by atoms with Crippen molar-refractivity contribution in [3.8, 4) is 0 Å². The topological polar surface area (TPSA) is 52.6 Å². The summed E-state index contributed by atoms with van der Waals surface area (Å²) in [6, 6.07) is 0. The molecule has 1 rings (SSSR count). The Labute approximate surface area is 148 Å². The Balaban J connectivity index is 3.84. The predicted molar refractivity (Wildman–Crippen MR) is 87.0 cm³/mol. The summed E-state index contributed by atoms with van der Waals surface area (Å²) in [6.07, 6.45) is 2.58. The standard InChI is InChI=1S/C14H14Cl4O4/c1-3-5-7-8(6-4-2)11(15)12(16)10(14(20)22-18)9(7)13(19)21-17/h3-6H2,1-2H3. The van der Waals surface area contributed by atoms with Crippen LogP contribution in [0.3, 0.4) is 0 Å².